The van der Waals surface area contributed by atoms with E-state index in [4.69, 9.17) is 9.15 Å². The first-order valence-electron chi connectivity index (χ1n) is 9.95. The van der Waals surface area contributed by atoms with Gasteiger partial charge < -0.3 is 14.5 Å². The highest BCUT2D eigenvalue weighted by Gasteiger charge is 2.16. The number of thioether (sulfide) groups is 1. The SMILES string of the molecule is COc1cc2c(cc1NC(=O)CSc1n[nH]c3nc4ccccc4n13)oc1ccccc12. The minimum atomic E-state index is -0.177. The van der Waals surface area contributed by atoms with E-state index in [0.717, 1.165) is 27.4 Å². The van der Waals surface area contributed by atoms with Crippen molar-refractivity contribution in [1.82, 2.24) is 19.6 Å². The normalized spacial score (nSPS) is 11.7. The van der Waals surface area contributed by atoms with Crippen LogP contribution in [0.3, 0.4) is 0 Å². The number of nitrogens with zero attached hydrogens (tertiary/aromatic N) is 3. The monoisotopic (exact) mass is 443 g/mol. The Labute approximate surface area is 185 Å². The number of ether oxygens (including phenoxy) is 1. The maximum atomic E-state index is 12.7. The molecule has 3 aromatic heterocycles. The summed E-state index contributed by atoms with van der Waals surface area (Å²) < 4.78 is 13.4. The van der Waals surface area contributed by atoms with Crippen molar-refractivity contribution in [2.24, 2.45) is 0 Å². The first-order chi connectivity index (χ1) is 15.7. The van der Waals surface area contributed by atoms with Crippen LogP contribution in [-0.2, 0) is 4.79 Å². The number of anilines is 1. The van der Waals surface area contributed by atoms with E-state index >= 15 is 0 Å². The van der Waals surface area contributed by atoms with Crippen molar-refractivity contribution < 1.29 is 13.9 Å². The average Bonchev–Trinajstić information content (AvgIpc) is 3.48. The Bertz CT molecular complexity index is 1630. The van der Waals surface area contributed by atoms with E-state index in [-0.39, 0.29) is 11.7 Å². The van der Waals surface area contributed by atoms with Gasteiger partial charge in [-0.2, -0.15) is 0 Å². The molecule has 32 heavy (non-hydrogen) atoms. The summed E-state index contributed by atoms with van der Waals surface area (Å²) >= 11 is 1.33. The molecule has 0 aliphatic rings. The fourth-order valence-electron chi connectivity index (χ4n) is 3.87. The van der Waals surface area contributed by atoms with Crippen LogP contribution in [0.15, 0.2) is 70.2 Å². The number of aromatic nitrogens is 4. The molecule has 3 heterocycles. The van der Waals surface area contributed by atoms with Crippen LogP contribution in [0.2, 0.25) is 0 Å². The van der Waals surface area contributed by atoms with Crippen LogP contribution in [0, 0.1) is 0 Å². The van der Waals surface area contributed by atoms with Crippen molar-refractivity contribution in [3.05, 3.63) is 60.7 Å². The van der Waals surface area contributed by atoms with E-state index in [2.05, 4.69) is 20.5 Å². The van der Waals surface area contributed by atoms with Gasteiger partial charge in [-0.1, -0.05) is 42.1 Å². The molecule has 8 nitrogen and oxygen atoms in total. The van der Waals surface area contributed by atoms with Crippen molar-refractivity contribution in [3.63, 3.8) is 0 Å². The minimum absolute atomic E-state index is 0.174. The molecule has 0 saturated carbocycles. The third-order valence-electron chi connectivity index (χ3n) is 5.31. The molecule has 0 unspecified atom stereocenters. The van der Waals surface area contributed by atoms with Crippen molar-refractivity contribution in [2.45, 2.75) is 5.16 Å². The van der Waals surface area contributed by atoms with Crippen LogP contribution in [0.4, 0.5) is 5.69 Å². The summed E-state index contributed by atoms with van der Waals surface area (Å²) in [7, 11) is 1.58. The van der Waals surface area contributed by atoms with Gasteiger partial charge in [0, 0.05) is 16.8 Å². The maximum Gasteiger partial charge on any atom is 0.234 e. The van der Waals surface area contributed by atoms with Gasteiger partial charge in [-0.15, -0.1) is 5.10 Å². The van der Waals surface area contributed by atoms with E-state index in [1.54, 1.807) is 13.2 Å². The zero-order valence-corrected chi connectivity index (χ0v) is 17.8. The zero-order valence-electron chi connectivity index (χ0n) is 17.0. The zero-order chi connectivity index (χ0) is 21.7. The molecule has 0 saturated heterocycles. The van der Waals surface area contributed by atoms with Gasteiger partial charge in [-0.25, -0.2) is 10.1 Å². The largest absolute Gasteiger partial charge is 0.495 e. The summed E-state index contributed by atoms with van der Waals surface area (Å²) in [4.78, 5) is 17.2. The number of fused-ring (bicyclic) bond motifs is 6. The standard InChI is InChI=1S/C23H17N5O3S/c1-30-20-10-14-13-6-2-5-9-18(13)31-19(14)11-16(20)24-21(29)12-32-23-27-26-22-25-15-7-3-4-8-17(15)28(22)23/h2-11H,12H2,1H3,(H,24,29)(H,25,26). The van der Waals surface area contributed by atoms with Crippen LogP contribution in [0.25, 0.3) is 38.7 Å². The highest BCUT2D eigenvalue weighted by Crippen LogP contribution is 2.36. The number of benzene rings is 3. The number of H-pyrrole nitrogens is 1. The highest BCUT2D eigenvalue weighted by molar-refractivity contribution is 7.99. The molecule has 6 rings (SSSR count). The van der Waals surface area contributed by atoms with E-state index in [9.17, 15) is 4.79 Å². The number of carbonyl (C=O) groups is 1. The summed E-state index contributed by atoms with van der Waals surface area (Å²) in [6.07, 6.45) is 0. The maximum absolute atomic E-state index is 12.7. The van der Waals surface area contributed by atoms with Gasteiger partial charge in [-0.3, -0.25) is 9.20 Å². The summed E-state index contributed by atoms with van der Waals surface area (Å²) in [5.74, 6) is 1.22. The lowest BCUT2D eigenvalue weighted by Gasteiger charge is -2.10. The van der Waals surface area contributed by atoms with E-state index in [0.29, 0.717) is 28.0 Å². The van der Waals surface area contributed by atoms with Crippen molar-refractivity contribution >= 4 is 62.1 Å². The fourth-order valence-corrected chi connectivity index (χ4v) is 4.63. The van der Waals surface area contributed by atoms with Crippen molar-refractivity contribution in [2.75, 3.05) is 18.2 Å². The summed E-state index contributed by atoms with van der Waals surface area (Å²) in [6.45, 7) is 0. The Balaban J connectivity index is 1.26. The lowest BCUT2D eigenvalue weighted by atomic mass is 10.1. The number of hydrogen-bond donors (Lipinski definition) is 2. The van der Waals surface area contributed by atoms with Crippen LogP contribution < -0.4 is 10.1 Å². The predicted octanol–water partition coefficient (Wildman–Crippen LogP) is 4.85. The smallest absolute Gasteiger partial charge is 0.234 e. The summed E-state index contributed by atoms with van der Waals surface area (Å²) in [5, 5.41) is 12.8. The number of furan rings is 1. The molecule has 6 aromatic rings. The quantitative estimate of drug-likeness (QED) is 0.370. The summed E-state index contributed by atoms with van der Waals surface area (Å²) in [5.41, 5.74) is 3.85. The minimum Gasteiger partial charge on any atom is -0.495 e. The summed E-state index contributed by atoms with van der Waals surface area (Å²) in [6, 6.07) is 19.3. The first kappa shape index (κ1) is 18.8. The Morgan fingerprint density at radius 3 is 2.88 bits per heavy atom. The van der Waals surface area contributed by atoms with Gasteiger partial charge >= 0.3 is 0 Å². The topological polar surface area (TPSA) is 97.4 Å². The molecule has 0 bridgehead atoms. The predicted molar refractivity (Wildman–Crippen MR) is 124 cm³/mol. The second kappa shape index (κ2) is 7.31. The van der Waals surface area contributed by atoms with E-state index in [1.165, 1.54) is 11.8 Å². The molecule has 0 aliphatic heterocycles. The second-order valence-corrected chi connectivity index (χ2v) is 8.19. The van der Waals surface area contributed by atoms with E-state index in [1.807, 2.05) is 59.0 Å². The number of carbonyl (C=O) groups excluding carboxylic acids is 1. The molecule has 9 heteroatoms. The van der Waals surface area contributed by atoms with Crippen LogP contribution >= 0.6 is 11.8 Å². The van der Waals surface area contributed by atoms with Gasteiger partial charge in [0.1, 0.15) is 16.9 Å². The second-order valence-electron chi connectivity index (χ2n) is 7.25. The molecule has 0 fully saturated rings. The third-order valence-corrected chi connectivity index (χ3v) is 6.25. The van der Waals surface area contributed by atoms with Gasteiger partial charge in [-0.05, 0) is 24.3 Å². The lowest BCUT2D eigenvalue weighted by Crippen LogP contribution is -2.15. The van der Waals surface area contributed by atoms with E-state index < -0.39 is 0 Å². The molecule has 0 aliphatic carbocycles. The molecule has 0 spiro atoms. The molecular formula is C23H17N5O3S. The van der Waals surface area contributed by atoms with Gasteiger partial charge in [0.25, 0.3) is 0 Å². The molecular weight excluding hydrogens is 426 g/mol. The Kier molecular flexibility index (Phi) is 4.29. The van der Waals surface area contributed by atoms with Crippen molar-refractivity contribution in [3.8, 4) is 5.75 Å². The average molecular weight is 443 g/mol. The first-order valence-corrected chi connectivity index (χ1v) is 10.9. The number of hydrogen-bond acceptors (Lipinski definition) is 6. The number of amides is 1. The molecule has 1 amide bonds. The molecule has 158 valence electrons. The number of imidazole rings is 1. The van der Waals surface area contributed by atoms with Gasteiger partial charge in [0.2, 0.25) is 11.7 Å². The van der Waals surface area contributed by atoms with Crippen LogP contribution in [0.1, 0.15) is 0 Å². The number of para-hydroxylation sites is 3. The molecule has 0 atom stereocenters. The third kappa shape index (κ3) is 2.97. The highest BCUT2D eigenvalue weighted by atomic mass is 32.2. The van der Waals surface area contributed by atoms with Gasteiger partial charge in [0.05, 0.1) is 29.6 Å². The van der Waals surface area contributed by atoms with Crippen molar-refractivity contribution in [1.29, 1.82) is 0 Å². The Morgan fingerprint density at radius 1 is 1.12 bits per heavy atom. The number of nitrogens with one attached hydrogen (secondary N) is 2. The number of methoxy groups -OCH3 is 1. The Hall–Kier alpha value is -3.98. The number of rotatable bonds is 5. The fraction of sp³-hybridized carbons (Fsp3) is 0.0870. The Morgan fingerprint density at radius 2 is 1.97 bits per heavy atom. The molecule has 0 radical (unpaired) electrons. The molecule has 3 aromatic carbocycles. The van der Waals surface area contributed by atoms with Gasteiger partial charge in [0.15, 0.2) is 5.16 Å². The lowest BCUT2D eigenvalue weighted by molar-refractivity contribution is -0.113. The molecule has 2 N–H and O–H groups in total. The number of aromatic amines is 1. The van der Waals surface area contributed by atoms with Crippen LogP contribution in [-0.4, -0.2) is 38.4 Å². The van der Waals surface area contributed by atoms with Crippen LogP contribution in [0.5, 0.6) is 5.75 Å².